The molecule has 0 aliphatic rings. The van der Waals surface area contributed by atoms with Crippen LogP contribution in [0.1, 0.15) is 11.1 Å². The Bertz CT molecular complexity index is 536. The van der Waals surface area contributed by atoms with Gasteiger partial charge in [0.1, 0.15) is 11.0 Å². The van der Waals surface area contributed by atoms with Gasteiger partial charge >= 0.3 is 0 Å². The molecule has 80 valence electrons. The zero-order chi connectivity index (χ0) is 11.6. The third kappa shape index (κ3) is 2.72. The summed E-state index contributed by atoms with van der Waals surface area (Å²) in [5.74, 6) is 0. The summed E-state index contributed by atoms with van der Waals surface area (Å²) in [6, 6.07) is 5.02. The molecule has 0 fully saturated rings. The SMILES string of the molecule is N#Cc1c(Br)ccc(CBr)c1S(=O)(=O)Cl. The molecule has 1 aromatic carbocycles. The molecule has 0 radical (unpaired) electrons. The van der Waals surface area contributed by atoms with E-state index in [0.717, 1.165) is 0 Å². The van der Waals surface area contributed by atoms with Crippen LogP contribution in [0.3, 0.4) is 0 Å². The molecule has 3 nitrogen and oxygen atoms in total. The normalized spacial score (nSPS) is 11.1. The van der Waals surface area contributed by atoms with E-state index in [4.69, 9.17) is 15.9 Å². The highest BCUT2D eigenvalue weighted by molar-refractivity contribution is 9.10. The van der Waals surface area contributed by atoms with E-state index in [1.54, 1.807) is 12.1 Å². The van der Waals surface area contributed by atoms with Crippen LogP contribution in [-0.4, -0.2) is 8.42 Å². The smallest absolute Gasteiger partial charge is 0.207 e. The van der Waals surface area contributed by atoms with Gasteiger partial charge in [0, 0.05) is 20.5 Å². The predicted molar refractivity (Wildman–Crippen MR) is 64.5 cm³/mol. The van der Waals surface area contributed by atoms with Crippen LogP contribution in [0, 0.1) is 11.3 Å². The number of hydrogen-bond donors (Lipinski definition) is 0. The summed E-state index contributed by atoms with van der Waals surface area (Å²) < 4.78 is 23.0. The Morgan fingerprint density at radius 1 is 1.47 bits per heavy atom. The third-order valence-corrected chi connectivity index (χ3v) is 4.37. The van der Waals surface area contributed by atoms with Gasteiger partial charge in [-0.1, -0.05) is 22.0 Å². The van der Waals surface area contributed by atoms with Gasteiger partial charge in [0.2, 0.25) is 0 Å². The standard InChI is InChI=1S/C8H4Br2ClNO2S/c9-3-5-1-2-7(10)6(4-12)8(5)15(11,13)14/h1-2H,3H2. The molecule has 0 aliphatic heterocycles. The van der Waals surface area contributed by atoms with Crippen LogP contribution >= 0.6 is 42.5 Å². The molecule has 0 N–H and O–H groups in total. The lowest BCUT2D eigenvalue weighted by molar-refractivity contribution is 0.608. The zero-order valence-corrected chi connectivity index (χ0v) is 11.9. The molecule has 0 unspecified atom stereocenters. The Morgan fingerprint density at radius 3 is 2.47 bits per heavy atom. The molecule has 15 heavy (non-hydrogen) atoms. The van der Waals surface area contributed by atoms with Crippen LogP contribution in [0.2, 0.25) is 0 Å². The number of rotatable bonds is 2. The summed E-state index contributed by atoms with van der Waals surface area (Å²) in [5.41, 5.74) is 0.492. The monoisotopic (exact) mass is 371 g/mol. The zero-order valence-electron chi connectivity index (χ0n) is 7.17. The Balaban J connectivity index is 3.73. The van der Waals surface area contributed by atoms with Crippen molar-refractivity contribution in [2.24, 2.45) is 0 Å². The molecular weight excluding hydrogens is 369 g/mol. The first-order valence-electron chi connectivity index (χ1n) is 3.64. The fraction of sp³-hybridized carbons (Fsp3) is 0.125. The van der Waals surface area contributed by atoms with Gasteiger partial charge in [0.05, 0.1) is 5.56 Å². The first kappa shape index (κ1) is 13.0. The molecule has 0 spiro atoms. The lowest BCUT2D eigenvalue weighted by Gasteiger charge is -2.07. The molecule has 1 aromatic rings. The minimum absolute atomic E-state index is 0.0296. The third-order valence-electron chi connectivity index (χ3n) is 1.69. The maximum absolute atomic E-state index is 11.3. The van der Waals surface area contributed by atoms with Crippen molar-refractivity contribution in [2.75, 3.05) is 0 Å². The summed E-state index contributed by atoms with van der Waals surface area (Å²) in [6.45, 7) is 0. The largest absolute Gasteiger partial charge is 0.262 e. The van der Waals surface area contributed by atoms with Gasteiger partial charge in [-0.05, 0) is 27.6 Å². The molecule has 0 amide bonds. The minimum Gasteiger partial charge on any atom is -0.207 e. The van der Waals surface area contributed by atoms with Crippen LogP contribution in [0.25, 0.3) is 0 Å². The van der Waals surface area contributed by atoms with Gasteiger partial charge in [-0.15, -0.1) is 0 Å². The summed E-state index contributed by atoms with van der Waals surface area (Å²) in [6.07, 6.45) is 0. The molecule has 0 bridgehead atoms. The number of benzene rings is 1. The van der Waals surface area contributed by atoms with Gasteiger partial charge in [-0.2, -0.15) is 5.26 Å². The molecule has 1 rings (SSSR count). The van der Waals surface area contributed by atoms with Gasteiger partial charge in [-0.25, -0.2) is 8.42 Å². The highest BCUT2D eigenvalue weighted by Gasteiger charge is 2.22. The van der Waals surface area contributed by atoms with E-state index in [0.29, 0.717) is 15.4 Å². The molecule has 0 atom stereocenters. The predicted octanol–water partition coefficient (Wildman–Crippen LogP) is 3.14. The lowest BCUT2D eigenvalue weighted by Crippen LogP contribution is -2.01. The van der Waals surface area contributed by atoms with Gasteiger partial charge in [0.15, 0.2) is 0 Å². The molecule has 7 heteroatoms. The van der Waals surface area contributed by atoms with Crippen LogP contribution in [-0.2, 0) is 14.4 Å². The lowest BCUT2D eigenvalue weighted by atomic mass is 10.1. The summed E-state index contributed by atoms with van der Waals surface area (Å²) in [4.78, 5) is -0.141. The second kappa shape index (κ2) is 4.83. The Morgan fingerprint density at radius 2 is 2.07 bits per heavy atom. The van der Waals surface area contributed by atoms with Crippen molar-refractivity contribution in [1.29, 1.82) is 5.26 Å². The van der Waals surface area contributed by atoms with Crippen molar-refractivity contribution in [1.82, 2.24) is 0 Å². The number of hydrogen-bond acceptors (Lipinski definition) is 3. The van der Waals surface area contributed by atoms with E-state index in [9.17, 15) is 8.42 Å². The summed E-state index contributed by atoms with van der Waals surface area (Å²) in [7, 11) is 1.36. The van der Waals surface area contributed by atoms with Crippen molar-refractivity contribution in [2.45, 2.75) is 10.2 Å². The number of nitriles is 1. The average Bonchev–Trinajstić information content (AvgIpc) is 2.15. The van der Waals surface area contributed by atoms with Gasteiger partial charge < -0.3 is 0 Å². The average molecular weight is 373 g/mol. The van der Waals surface area contributed by atoms with Crippen molar-refractivity contribution in [3.05, 3.63) is 27.7 Å². The molecule has 0 heterocycles. The fourth-order valence-corrected chi connectivity index (χ4v) is 3.67. The second-order valence-electron chi connectivity index (χ2n) is 2.59. The topological polar surface area (TPSA) is 57.9 Å². The van der Waals surface area contributed by atoms with Crippen LogP contribution in [0.5, 0.6) is 0 Å². The number of nitrogens with zero attached hydrogens (tertiary/aromatic N) is 1. The van der Waals surface area contributed by atoms with E-state index in [2.05, 4.69) is 31.9 Å². The highest BCUT2D eigenvalue weighted by Crippen LogP contribution is 2.30. The highest BCUT2D eigenvalue weighted by atomic mass is 79.9. The summed E-state index contributed by atoms with van der Waals surface area (Å²) >= 11 is 6.24. The van der Waals surface area contributed by atoms with Crippen molar-refractivity contribution >= 4 is 51.6 Å². The van der Waals surface area contributed by atoms with Crippen LogP contribution < -0.4 is 0 Å². The molecule has 0 aliphatic carbocycles. The Kier molecular flexibility index (Phi) is 4.18. The number of halogens is 3. The molecule has 0 saturated carbocycles. The van der Waals surface area contributed by atoms with Gasteiger partial charge in [0.25, 0.3) is 9.05 Å². The summed E-state index contributed by atoms with van der Waals surface area (Å²) in [5, 5.41) is 9.18. The molecule has 0 aromatic heterocycles. The van der Waals surface area contributed by atoms with E-state index in [-0.39, 0.29) is 10.5 Å². The quantitative estimate of drug-likeness (QED) is 0.591. The van der Waals surface area contributed by atoms with Crippen LogP contribution in [0.15, 0.2) is 21.5 Å². The van der Waals surface area contributed by atoms with E-state index in [1.807, 2.05) is 6.07 Å². The van der Waals surface area contributed by atoms with E-state index in [1.165, 1.54) is 0 Å². The minimum atomic E-state index is -3.92. The number of alkyl halides is 1. The maximum Gasteiger partial charge on any atom is 0.262 e. The van der Waals surface area contributed by atoms with Crippen molar-refractivity contribution < 1.29 is 8.42 Å². The first-order chi connectivity index (χ1) is 6.91. The van der Waals surface area contributed by atoms with Crippen LogP contribution in [0.4, 0.5) is 0 Å². The van der Waals surface area contributed by atoms with Crippen molar-refractivity contribution in [3.8, 4) is 6.07 Å². The first-order valence-corrected chi connectivity index (χ1v) is 7.86. The molecular formula is C8H4Br2ClNO2S. The second-order valence-corrected chi connectivity index (χ2v) is 6.51. The maximum atomic E-state index is 11.3. The van der Waals surface area contributed by atoms with Gasteiger partial charge in [-0.3, -0.25) is 0 Å². The molecule has 0 saturated heterocycles. The van der Waals surface area contributed by atoms with E-state index >= 15 is 0 Å². The van der Waals surface area contributed by atoms with E-state index < -0.39 is 9.05 Å². The fourth-order valence-electron chi connectivity index (χ4n) is 1.09. The Labute approximate surface area is 109 Å². The van der Waals surface area contributed by atoms with Crippen molar-refractivity contribution in [3.63, 3.8) is 0 Å². The Hall–Kier alpha value is -0.0900.